The van der Waals surface area contributed by atoms with Gasteiger partial charge >= 0.3 is 0 Å². The Labute approximate surface area is 678 Å². The molecule has 38 nitrogen and oxygen atoms in total. The predicted molar refractivity (Wildman–Crippen MR) is 403 cm³/mol. The zero-order chi connectivity index (χ0) is 84.9. The van der Waals surface area contributed by atoms with Crippen molar-refractivity contribution in [3.05, 3.63) is 12.2 Å². The van der Waals surface area contributed by atoms with Crippen LogP contribution in [-0.2, 0) is 75.9 Å². The van der Waals surface area contributed by atoms with E-state index in [9.17, 15) is 112 Å². The lowest BCUT2D eigenvalue weighted by atomic mass is 9.93. The third kappa shape index (κ3) is 28.4. The Hall–Kier alpha value is -2.68. The first-order valence-corrected chi connectivity index (χ1v) is 42.2. The topological polar surface area (TPSA) is 592 Å². The molecule has 37 atom stereocenters. The molecule has 7 fully saturated rings. The zero-order valence-corrected chi connectivity index (χ0v) is 67.6. The van der Waals surface area contributed by atoms with Gasteiger partial charge in [-0.25, -0.2) is 0 Å². The molecule has 678 valence electrons. The van der Waals surface area contributed by atoms with Crippen molar-refractivity contribution in [2.75, 3.05) is 39.6 Å². The standard InChI is InChI=1S/C78H140N2O36/c1-6-8-10-12-14-16-18-20-22-24-26-28-30-32-44(87)43(80-50(88)33-31-29-27-25-23-21-19-17-15-13-11-9-7-2)39-103-73-64(101)60(97)66(48(37-84)110-73)111-77-65(102)69(55(92)46(35-82)107-77)114-72-51(79-42(5)86)68(67(49(38-85)109-72)112-74-61(98)57(94)52(89)40(3)104-74)113-78-71(116-75-62(99)58(95)53(90)41(4)105-75)70(56(93)47(36-83)108-78)115-76-63(100)59(96)54(91)45(34-81)106-76/h30,32,40-41,43-49,51-78,81-85,87,89-102H,6-29,31,33-39H2,1-5H3,(H,79,86)(H,80,88)/b32-30+/t40?,41?,43-,44+,45?,46?,47?,48?,49?,51?,52+,53+,54-,55-,56-,57?,58?,59-,60+,61-,62-,63?,64?,65?,66+,67+,68+,69-,70-,71?,72-,73+,74+,75+,76+,77-,78-/m0/s1. The highest BCUT2D eigenvalue weighted by atomic mass is 16.8. The first-order valence-electron chi connectivity index (χ1n) is 42.2. The number of rotatable bonds is 50. The maximum Gasteiger partial charge on any atom is 0.220 e. The van der Waals surface area contributed by atoms with Crippen molar-refractivity contribution in [3.8, 4) is 0 Å². The van der Waals surface area contributed by atoms with Crippen molar-refractivity contribution in [2.45, 2.75) is 429 Å². The normalized spacial score (nSPS) is 40.4. The van der Waals surface area contributed by atoms with Crippen molar-refractivity contribution in [1.82, 2.24) is 10.6 Å². The van der Waals surface area contributed by atoms with Gasteiger partial charge in [0.2, 0.25) is 11.8 Å². The lowest BCUT2D eigenvalue weighted by Gasteiger charge is -2.53. The van der Waals surface area contributed by atoms with Crippen LogP contribution in [0.1, 0.15) is 202 Å². The third-order valence-electron chi connectivity index (χ3n) is 22.9. The Morgan fingerprint density at radius 1 is 0.353 bits per heavy atom. The Balaban J connectivity index is 1.12. The summed E-state index contributed by atoms with van der Waals surface area (Å²) < 4.78 is 85.4. The molecule has 0 saturated carbocycles. The molecule has 0 radical (unpaired) electrons. The minimum absolute atomic E-state index is 0.150. The van der Waals surface area contributed by atoms with Crippen LogP contribution in [0.4, 0.5) is 0 Å². The average molecular weight is 1680 g/mol. The van der Waals surface area contributed by atoms with E-state index in [2.05, 4.69) is 24.5 Å². The molecular weight excluding hydrogens is 1540 g/mol. The summed E-state index contributed by atoms with van der Waals surface area (Å²) in [5.41, 5.74) is 0. The first-order chi connectivity index (χ1) is 55.6. The molecule has 2 amide bonds. The van der Waals surface area contributed by atoms with Crippen LogP contribution in [0.3, 0.4) is 0 Å². The lowest BCUT2D eigenvalue weighted by molar-refractivity contribution is -0.411. The maximum absolute atomic E-state index is 13.7. The predicted octanol–water partition coefficient (Wildman–Crippen LogP) is -3.47. The van der Waals surface area contributed by atoms with E-state index < -0.39 is 273 Å². The molecule has 116 heavy (non-hydrogen) atoms. The first kappa shape index (κ1) is 100. The summed E-state index contributed by atoms with van der Waals surface area (Å²) >= 11 is 0. The summed E-state index contributed by atoms with van der Waals surface area (Å²) in [5.74, 6) is -1.34. The Bertz CT molecular complexity index is 2730. The fraction of sp³-hybridized carbons (Fsp3) is 0.949. The molecule has 0 aromatic rings. The number of amides is 2. The Morgan fingerprint density at radius 3 is 1.21 bits per heavy atom. The fourth-order valence-electron chi connectivity index (χ4n) is 15.7. The van der Waals surface area contributed by atoms with Crippen LogP contribution in [0.5, 0.6) is 0 Å². The molecule has 7 aliphatic rings. The third-order valence-corrected chi connectivity index (χ3v) is 22.9. The lowest BCUT2D eigenvalue weighted by Crippen LogP contribution is -2.72. The van der Waals surface area contributed by atoms with E-state index in [4.69, 9.17) is 66.3 Å². The van der Waals surface area contributed by atoms with Crippen LogP contribution in [0, 0.1) is 0 Å². The number of allylic oxidation sites excluding steroid dienone is 1. The van der Waals surface area contributed by atoms with Gasteiger partial charge in [-0.3, -0.25) is 9.59 Å². The highest BCUT2D eigenvalue weighted by molar-refractivity contribution is 5.76. The van der Waals surface area contributed by atoms with E-state index in [0.29, 0.717) is 12.8 Å². The maximum atomic E-state index is 13.7. The Morgan fingerprint density at radius 2 is 0.716 bits per heavy atom. The van der Waals surface area contributed by atoms with Crippen molar-refractivity contribution < 1.29 is 178 Å². The van der Waals surface area contributed by atoms with Crippen molar-refractivity contribution in [1.29, 1.82) is 0 Å². The van der Waals surface area contributed by atoms with E-state index in [1.807, 2.05) is 6.08 Å². The van der Waals surface area contributed by atoms with Crippen molar-refractivity contribution in [2.24, 2.45) is 0 Å². The summed E-state index contributed by atoms with van der Waals surface area (Å²) in [6.45, 7) is 2.06. The number of nitrogens with one attached hydrogen (secondary N) is 2. The van der Waals surface area contributed by atoms with E-state index in [1.54, 1.807) is 6.08 Å². The van der Waals surface area contributed by atoms with E-state index >= 15 is 0 Å². The molecular formula is C78H140N2O36. The SMILES string of the molecule is CCCCCCCCCCCCC/C=C/[C@@H](O)[C@H](CO[C@@H]1OC(CO)[C@@H](O[C@@H]2OC(CO)[C@H](O)[C@H](O[C@@H]3OC(CO)[C@@H](O[C@H]4OC(C)[C@@H](O)C(O)[C@@H]4O)[C@H](O[C@@H]4OC(CO)[C@H](O)[C@H](O[C@H]5OC(CO)[C@H](O)[C@H](O)C5O)C4O[C@H]4OC(C)[C@@H](O)C(O)[C@@H]4O)C3NC(C)=O)C2O)[C@H](O)C1O)NC(=O)CCCCCCCCCCCCCCC. The molecule has 7 saturated heterocycles. The smallest absolute Gasteiger partial charge is 0.220 e. The van der Waals surface area contributed by atoms with Gasteiger partial charge in [0.15, 0.2) is 44.0 Å². The van der Waals surface area contributed by atoms with Crippen LogP contribution in [-0.4, -0.2) is 381 Å². The van der Waals surface area contributed by atoms with E-state index in [0.717, 1.165) is 58.3 Å². The summed E-state index contributed by atoms with van der Waals surface area (Å²) in [6, 6.07) is -3.14. The molecule has 0 spiro atoms. The monoisotopic (exact) mass is 1680 g/mol. The second-order valence-corrected chi connectivity index (χ2v) is 32.0. The minimum Gasteiger partial charge on any atom is -0.394 e. The number of ether oxygens (including phenoxy) is 14. The van der Waals surface area contributed by atoms with Gasteiger partial charge < -0.3 is 179 Å². The van der Waals surface area contributed by atoms with Crippen molar-refractivity contribution in [3.63, 3.8) is 0 Å². The van der Waals surface area contributed by atoms with E-state index in [-0.39, 0.29) is 12.3 Å². The quantitative estimate of drug-likeness (QED) is 0.0208. The molecule has 0 bridgehead atoms. The van der Waals surface area contributed by atoms with Crippen LogP contribution in [0.2, 0.25) is 0 Å². The summed E-state index contributed by atoms with van der Waals surface area (Å²) in [4.78, 5) is 27.3. The minimum atomic E-state index is -2.33. The Kier molecular flexibility index (Phi) is 44.6. The molecule has 38 heteroatoms. The van der Waals surface area contributed by atoms with E-state index in [1.165, 1.54) is 110 Å². The molecule has 0 aliphatic carbocycles. The number of carbonyl (C=O) groups is 2. The van der Waals surface area contributed by atoms with Gasteiger partial charge in [-0.1, -0.05) is 167 Å². The van der Waals surface area contributed by atoms with Crippen LogP contribution >= 0.6 is 0 Å². The van der Waals surface area contributed by atoms with Gasteiger partial charge in [0, 0.05) is 13.3 Å². The van der Waals surface area contributed by atoms with Gasteiger partial charge in [0.1, 0.15) is 159 Å². The van der Waals surface area contributed by atoms with Gasteiger partial charge in [-0.05, 0) is 33.1 Å². The zero-order valence-electron chi connectivity index (χ0n) is 67.6. The largest absolute Gasteiger partial charge is 0.394 e. The molecule has 0 aromatic carbocycles. The van der Waals surface area contributed by atoms with Crippen LogP contribution < -0.4 is 10.6 Å². The highest BCUT2D eigenvalue weighted by Gasteiger charge is 2.61. The number of hydrogen-bond acceptors (Lipinski definition) is 36. The molecule has 7 heterocycles. The number of carbonyl (C=O) groups excluding carboxylic acids is 2. The summed E-state index contributed by atoms with van der Waals surface area (Å²) in [5, 5.41) is 230. The highest BCUT2D eigenvalue weighted by Crippen LogP contribution is 2.40. The number of hydrogen-bond donors (Lipinski definition) is 22. The average Bonchev–Trinajstić information content (AvgIpc) is 0.765. The second kappa shape index (κ2) is 51.5. The molecule has 7 rings (SSSR count). The molecule has 14 unspecified atom stereocenters. The fourth-order valence-corrected chi connectivity index (χ4v) is 15.7. The summed E-state index contributed by atoms with van der Waals surface area (Å²) in [6.07, 6.45) is -37.8. The molecule has 7 aliphatic heterocycles. The van der Waals surface area contributed by atoms with Crippen LogP contribution in [0.15, 0.2) is 12.2 Å². The van der Waals surface area contributed by atoms with Gasteiger partial charge in [0.05, 0.1) is 64.0 Å². The molecule has 0 aromatic heterocycles. The van der Waals surface area contributed by atoms with Gasteiger partial charge in [0.25, 0.3) is 0 Å². The number of aliphatic hydroxyl groups is 20. The van der Waals surface area contributed by atoms with Crippen LogP contribution in [0.25, 0.3) is 0 Å². The molecule has 22 N–H and O–H groups in total. The summed E-state index contributed by atoms with van der Waals surface area (Å²) in [7, 11) is 0. The van der Waals surface area contributed by atoms with Gasteiger partial charge in [-0.15, -0.1) is 0 Å². The van der Waals surface area contributed by atoms with Gasteiger partial charge in [-0.2, -0.15) is 0 Å². The van der Waals surface area contributed by atoms with Crippen molar-refractivity contribution >= 4 is 11.8 Å². The number of aliphatic hydroxyl groups excluding tert-OH is 20. The second-order valence-electron chi connectivity index (χ2n) is 32.0. The number of unbranched alkanes of at least 4 members (excludes halogenated alkanes) is 23.